The van der Waals surface area contributed by atoms with Crippen molar-refractivity contribution in [1.82, 2.24) is 31.2 Å². The number of hydrogen-bond acceptors (Lipinski definition) is 10. The van der Waals surface area contributed by atoms with Crippen molar-refractivity contribution >= 4 is 52.5 Å². The Labute approximate surface area is 412 Å². The van der Waals surface area contributed by atoms with Gasteiger partial charge in [-0.3, -0.25) is 24.0 Å². The summed E-state index contributed by atoms with van der Waals surface area (Å²) in [6.45, 7) is 16.0. The monoisotopic (exact) mass is 971 g/mol. The maximum Gasteiger partial charge on any atom is 0.251 e. The molecule has 1 saturated carbocycles. The molecule has 0 bridgehead atoms. The Bertz CT molecular complexity index is 2740. The predicted octanol–water partition coefficient (Wildman–Crippen LogP) is 8.62. The predicted molar refractivity (Wildman–Crippen MR) is 265 cm³/mol. The molecule has 16 heteroatoms. The standard InChI is InChI=1S/C53H58ClN7O7S/c1-31-43(69-30-58-31)33-13-11-32(12-14-33)28-56-47(65)41-10-9-25-61(41)48(66)44(51(2,3)4)59-42(62)29-57-45(63)34-15-20-37(21-16-34)67-38-22-17-35(18-23-38)46(64)60-49-52(5,6)50(53(49,7)8)68-39-24-19-36(27-55)40(54)26-39/h11-24,26,30,41,44,49-50H,9-10,25,28-29H2,1-8H3,(H,56,65)(H,57,63)(H,59,62)(H,60,64)/t41-,44+,49-,50-/m0/s1. The zero-order valence-electron chi connectivity index (χ0n) is 40.1. The zero-order valence-corrected chi connectivity index (χ0v) is 41.6. The van der Waals surface area contributed by atoms with Gasteiger partial charge in [-0.15, -0.1) is 11.3 Å². The maximum absolute atomic E-state index is 14.0. The Morgan fingerprint density at radius 1 is 0.870 bits per heavy atom. The van der Waals surface area contributed by atoms with Crippen molar-refractivity contribution < 1.29 is 33.4 Å². The molecule has 4 aromatic carbocycles. The molecule has 0 radical (unpaired) electrons. The van der Waals surface area contributed by atoms with E-state index < -0.39 is 40.1 Å². The molecule has 7 rings (SSSR count). The van der Waals surface area contributed by atoms with Gasteiger partial charge in [-0.25, -0.2) is 4.98 Å². The normalized spacial score (nSPS) is 18.4. The first-order valence-electron chi connectivity index (χ1n) is 22.9. The highest BCUT2D eigenvalue weighted by Gasteiger charge is 2.64. The first kappa shape index (κ1) is 50.1. The van der Waals surface area contributed by atoms with Gasteiger partial charge in [0.25, 0.3) is 11.8 Å². The van der Waals surface area contributed by atoms with Crippen LogP contribution in [0, 0.1) is 34.5 Å². The van der Waals surface area contributed by atoms with Crippen molar-refractivity contribution in [2.75, 3.05) is 13.1 Å². The van der Waals surface area contributed by atoms with Crippen molar-refractivity contribution in [3.8, 4) is 33.8 Å². The molecule has 5 aromatic rings. The van der Waals surface area contributed by atoms with E-state index in [0.717, 1.165) is 21.7 Å². The average Bonchev–Trinajstić information content (AvgIpc) is 4.00. The number of nitrogens with zero attached hydrogens (tertiary/aromatic N) is 3. The quantitative estimate of drug-likeness (QED) is 0.0796. The molecule has 1 aliphatic heterocycles. The molecule has 2 heterocycles. The summed E-state index contributed by atoms with van der Waals surface area (Å²) in [6, 6.07) is 26.3. The van der Waals surface area contributed by atoms with Crippen LogP contribution in [0.4, 0.5) is 0 Å². The van der Waals surface area contributed by atoms with Crippen LogP contribution in [-0.2, 0) is 20.9 Å². The first-order valence-corrected chi connectivity index (χ1v) is 24.1. The van der Waals surface area contributed by atoms with Gasteiger partial charge in [-0.05, 0) is 97.0 Å². The molecule has 69 heavy (non-hydrogen) atoms. The summed E-state index contributed by atoms with van der Waals surface area (Å²) in [5.41, 5.74) is 4.34. The summed E-state index contributed by atoms with van der Waals surface area (Å²) < 4.78 is 12.3. The van der Waals surface area contributed by atoms with Crippen molar-refractivity contribution in [3.05, 3.63) is 129 Å². The van der Waals surface area contributed by atoms with E-state index in [1.807, 2.05) is 85.2 Å². The molecular weight excluding hydrogens is 914 g/mol. The van der Waals surface area contributed by atoms with Crippen LogP contribution in [0.1, 0.15) is 98.8 Å². The number of rotatable bonds is 15. The number of aromatic nitrogens is 1. The number of halogens is 1. The van der Waals surface area contributed by atoms with Gasteiger partial charge >= 0.3 is 0 Å². The Morgan fingerprint density at radius 3 is 2.04 bits per heavy atom. The minimum atomic E-state index is -0.949. The third-order valence-electron chi connectivity index (χ3n) is 13.0. The topological polar surface area (TPSA) is 192 Å². The number of ether oxygens (including phenoxy) is 2. The number of carbonyl (C=O) groups excluding carboxylic acids is 5. The fraction of sp³-hybridized carbons (Fsp3) is 0.377. The van der Waals surface area contributed by atoms with E-state index in [9.17, 15) is 29.2 Å². The van der Waals surface area contributed by atoms with E-state index in [1.54, 1.807) is 83.0 Å². The highest BCUT2D eigenvalue weighted by Crippen LogP contribution is 2.55. The van der Waals surface area contributed by atoms with Gasteiger partial charge in [0.15, 0.2) is 0 Å². The van der Waals surface area contributed by atoms with E-state index in [-0.39, 0.29) is 42.0 Å². The van der Waals surface area contributed by atoms with Crippen molar-refractivity contribution in [3.63, 3.8) is 0 Å². The summed E-state index contributed by atoms with van der Waals surface area (Å²) in [4.78, 5) is 74.3. The zero-order chi connectivity index (χ0) is 49.8. The molecule has 1 aliphatic carbocycles. The van der Waals surface area contributed by atoms with E-state index in [2.05, 4.69) is 32.3 Å². The maximum atomic E-state index is 14.0. The highest BCUT2D eigenvalue weighted by atomic mass is 35.5. The Morgan fingerprint density at radius 2 is 1.48 bits per heavy atom. The van der Waals surface area contributed by atoms with E-state index >= 15 is 0 Å². The van der Waals surface area contributed by atoms with Gasteiger partial charge < -0.3 is 35.6 Å². The molecule has 0 unspecified atom stereocenters. The van der Waals surface area contributed by atoms with Crippen LogP contribution >= 0.6 is 22.9 Å². The molecule has 360 valence electrons. The first-order chi connectivity index (χ1) is 32.7. The molecule has 2 aliphatic rings. The highest BCUT2D eigenvalue weighted by molar-refractivity contribution is 7.13. The Hall–Kier alpha value is -6.76. The van der Waals surface area contributed by atoms with Gasteiger partial charge in [-0.1, -0.05) is 84.3 Å². The average molecular weight is 973 g/mol. The summed E-state index contributed by atoms with van der Waals surface area (Å²) in [5.74, 6) is -0.407. The van der Waals surface area contributed by atoms with Gasteiger partial charge in [0.1, 0.15) is 41.5 Å². The summed E-state index contributed by atoms with van der Waals surface area (Å²) >= 11 is 7.82. The van der Waals surface area contributed by atoms with Crippen molar-refractivity contribution in [2.45, 2.75) is 99.0 Å². The van der Waals surface area contributed by atoms with Crippen LogP contribution in [-0.4, -0.2) is 76.7 Å². The molecule has 2 fully saturated rings. The lowest BCUT2D eigenvalue weighted by Gasteiger charge is -2.63. The number of nitriles is 1. The number of benzene rings is 4. The smallest absolute Gasteiger partial charge is 0.251 e. The second kappa shape index (κ2) is 20.5. The Balaban J connectivity index is 0.867. The summed E-state index contributed by atoms with van der Waals surface area (Å²) in [6.07, 6.45) is 0.918. The molecule has 14 nitrogen and oxygen atoms in total. The number of likely N-dealkylation sites (tertiary alicyclic amines) is 1. The van der Waals surface area contributed by atoms with Crippen LogP contribution in [0.5, 0.6) is 17.2 Å². The number of thiazole rings is 1. The SMILES string of the molecule is Cc1ncsc1-c1ccc(CNC(=O)[C@@H]2CCCN2C(=O)[C@@H](NC(=O)CNC(=O)c2ccc(Oc3ccc(C(=O)N[C@H]4C(C)(C)[C@H](Oc5ccc(C#N)c(Cl)c5)C4(C)C)cc3)cc2)C(C)(C)C)cc1. The fourth-order valence-electron chi connectivity index (χ4n) is 9.55. The second-order valence-corrected chi connectivity index (χ2v) is 21.1. The van der Waals surface area contributed by atoms with Gasteiger partial charge in [0.05, 0.1) is 33.2 Å². The van der Waals surface area contributed by atoms with Crippen molar-refractivity contribution in [2.24, 2.45) is 16.2 Å². The molecule has 0 spiro atoms. The number of aryl methyl sites for hydroxylation is 1. The van der Waals surface area contributed by atoms with Gasteiger partial charge in [0, 0.05) is 47.2 Å². The van der Waals surface area contributed by atoms with E-state index in [0.29, 0.717) is 59.3 Å². The molecule has 1 aromatic heterocycles. The van der Waals surface area contributed by atoms with Gasteiger partial charge in [-0.2, -0.15) is 5.26 Å². The fourth-order valence-corrected chi connectivity index (χ4v) is 10.6. The summed E-state index contributed by atoms with van der Waals surface area (Å²) in [5, 5.41) is 21.2. The lowest BCUT2D eigenvalue weighted by atomic mass is 9.49. The molecule has 5 amide bonds. The number of hydrogen-bond donors (Lipinski definition) is 4. The molecule has 2 atom stereocenters. The van der Waals surface area contributed by atoms with E-state index in [4.69, 9.17) is 21.1 Å². The minimum Gasteiger partial charge on any atom is -0.489 e. The number of carbonyl (C=O) groups is 5. The van der Waals surface area contributed by atoms with Gasteiger partial charge in [0.2, 0.25) is 17.7 Å². The van der Waals surface area contributed by atoms with Crippen molar-refractivity contribution in [1.29, 1.82) is 5.26 Å². The lowest BCUT2D eigenvalue weighted by Crippen LogP contribution is -2.74. The Kier molecular flexibility index (Phi) is 14.9. The van der Waals surface area contributed by atoms with Crippen LogP contribution in [0.3, 0.4) is 0 Å². The van der Waals surface area contributed by atoms with Crippen LogP contribution < -0.4 is 30.7 Å². The summed E-state index contributed by atoms with van der Waals surface area (Å²) in [7, 11) is 0. The largest absolute Gasteiger partial charge is 0.489 e. The lowest BCUT2D eigenvalue weighted by molar-refractivity contribution is -0.164. The molecular formula is C53H58ClN7O7S. The second-order valence-electron chi connectivity index (χ2n) is 19.9. The molecule has 1 saturated heterocycles. The van der Waals surface area contributed by atoms with E-state index in [1.165, 1.54) is 0 Å². The third kappa shape index (κ3) is 11.2. The number of amides is 5. The number of nitrogens with one attached hydrogen (secondary N) is 4. The third-order valence-corrected chi connectivity index (χ3v) is 14.3. The van der Waals surface area contributed by atoms with Crippen LogP contribution in [0.2, 0.25) is 5.02 Å². The molecule has 4 N–H and O–H groups in total. The van der Waals surface area contributed by atoms with Crippen LogP contribution in [0.25, 0.3) is 10.4 Å². The van der Waals surface area contributed by atoms with Crippen LogP contribution in [0.15, 0.2) is 96.5 Å². The minimum absolute atomic E-state index is 0.211.